The van der Waals surface area contributed by atoms with E-state index in [0.29, 0.717) is 6.04 Å². The van der Waals surface area contributed by atoms with Gasteiger partial charge >= 0.3 is 0 Å². The molecule has 0 saturated carbocycles. The van der Waals surface area contributed by atoms with Gasteiger partial charge in [0.2, 0.25) is 5.91 Å². The summed E-state index contributed by atoms with van der Waals surface area (Å²) in [6.07, 6.45) is 3.61. The molecule has 88 valence electrons. The molecule has 1 amide bonds. The van der Waals surface area contributed by atoms with E-state index < -0.39 is 0 Å². The van der Waals surface area contributed by atoms with Crippen LogP contribution in [0.5, 0.6) is 0 Å². The Balaban J connectivity index is 2.37. The normalized spacial score (nSPS) is 24.9. The topological polar surface area (TPSA) is 58.4 Å². The van der Waals surface area contributed by atoms with Gasteiger partial charge in [0.1, 0.15) is 0 Å². The van der Waals surface area contributed by atoms with E-state index >= 15 is 0 Å². The zero-order valence-electron chi connectivity index (χ0n) is 9.83. The molecule has 1 aliphatic rings. The lowest BCUT2D eigenvalue weighted by molar-refractivity contribution is -0.121. The SMILES string of the molecule is CC(CN(C)C1CCCNCC1)C(N)=O. The minimum atomic E-state index is -0.200. The van der Waals surface area contributed by atoms with Crippen molar-refractivity contribution in [3.05, 3.63) is 0 Å². The van der Waals surface area contributed by atoms with E-state index in [2.05, 4.69) is 17.3 Å². The molecule has 0 aromatic carbocycles. The fourth-order valence-corrected chi connectivity index (χ4v) is 2.11. The third kappa shape index (κ3) is 4.18. The number of amides is 1. The van der Waals surface area contributed by atoms with Crippen molar-refractivity contribution in [1.82, 2.24) is 10.2 Å². The second-order valence-corrected chi connectivity index (χ2v) is 4.58. The van der Waals surface area contributed by atoms with Gasteiger partial charge in [0.25, 0.3) is 0 Å². The summed E-state index contributed by atoms with van der Waals surface area (Å²) in [4.78, 5) is 13.2. The molecule has 3 N–H and O–H groups in total. The van der Waals surface area contributed by atoms with Crippen molar-refractivity contribution in [3.8, 4) is 0 Å². The number of hydrogen-bond donors (Lipinski definition) is 2. The molecule has 2 atom stereocenters. The molecule has 1 heterocycles. The maximum atomic E-state index is 11.0. The first-order valence-electron chi connectivity index (χ1n) is 5.81. The zero-order valence-corrected chi connectivity index (χ0v) is 9.83. The van der Waals surface area contributed by atoms with Crippen LogP contribution in [-0.4, -0.2) is 43.5 Å². The predicted octanol–water partition coefficient (Wildman–Crippen LogP) is 0.182. The molecule has 0 spiro atoms. The molecule has 0 radical (unpaired) electrons. The Bertz CT molecular complexity index is 200. The van der Waals surface area contributed by atoms with E-state index in [-0.39, 0.29) is 11.8 Å². The molecule has 1 aliphatic heterocycles. The molecule has 1 fully saturated rings. The van der Waals surface area contributed by atoms with Crippen LogP contribution in [0.15, 0.2) is 0 Å². The summed E-state index contributed by atoms with van der Waals surface area (Å²) in [7, 11) is 2.09. The minimum absolute atomic E-state index is 0.0498. The Hall–Kier alpha value is -0.610. The van der Waals surface area contributed by atoms with Gasteiger partial charge in [-0.1, -0.05) is 6.92 Å². The number of nitrogens with zero attached hydrogens (tertiary/aromatic N) is 1. The van der Waals surface area contributed by atoms with Crippen molar-refractivity contribution >= 4 is 5.91 Å². The highest BCUT2D eigenvalue weighted by Gasteiger charge is 2.19. The molecule has 0 aromatic rings. The fourth-order valence-electron chi connectivity index (χ4n) is 2.11. The van der Waals surface area contributed by atoms with Crippen molar-refractivity contribution < 1.29 is 4.79 Å². The van der Waals surface area contributed by atoms with Crippen LogP contribution in [0.3, 0.4) is 0 Å². The Morgan fingerprint density at radius 2 is 2.27 bits per heavy atom. The number of hydrogen-bond acceptors (Lipinski definition) is 3. The lowest BCUT2D eigenvalue weighted by atomic mass is 10.1. The van der Waals surface area contributed by atoms with E-state index in [9.17, 15) is 4.79 Å². The van der Waals surface area contributed by atoms with Crippen molar-refractivity contribution in [2.75, 3.05) is 26.7 Å². The summed E-state index contributed by atoms with van der Waals surface area (Å²) in [5.41, 5.74) is 5.27. The first-order chi connectivity index (χ1) is 7.11. The summed E-state index contributed by atoms with van der Waals surface area (Å²) in [6, 6.07) is 0.599. The van der Waals surface area contributed by atoms with Crippen molar-refractivity contribution in [3.63, 3.8) is 0 Å². The molecule has 0 aromatic heterocycles. The highest BCUT2D eigenvalue weighted by Crippen LogP contribution is 2.13. The van der Waals surface area contributed by atoms with E-state index in [1.54, 1.807) is 0 Å². The molecule has 1 rings (SSSR count). The quantitative estimate of drug-likeness (QED) is 0.700. The molecule has 0 aliphatic carbocycles. The average Bonchev–Trinajstić information content (AvgIpc) is 2.45. The van der Waals surface area contributed by atoms with Gasteiger partial charge < -0.3 is 16.0 Å². The van der Waals surface area contributed by atoms with Gasteiger partial charge in [-0.05, 0) is 39.4 Å². The highest BCUT2D eigenvalue weighted by atomic mass is 16.1. The first-order valence-corrected chi connectivity index (χ1v) is 5.81. The minimum Gasteiger partial charge on any atom is -0.369 e. The van der Waals surface area contributed by atoms with Crippen LogP contribution in [-0.2, 0) is 4.79 Å². The Kier molecular flexibility index (Phi) is 5.05. The van der Waals surface area contributed by atoms with Gasteiger partial charge in [-0.25, -0.2) is 0 Å². The van der Waals surface area contributed by atoms with Gasteiger partial charge in [-0.3, -0.25) is 4.79 Å². The number of primary amides is 1. The summed E-state index contributed by atoms with van der Waals surface area (Å²) >= 11 is 0. The number of nitrogens with one attached hydrogen (secondary N) is 1. The van der Waals surface area contributed by atoms with Crippen molar-refractivity contribution in [1.29, 1.82) is 0 Å². The summed E-state index contributed by atoms with van der Waals surface area (Å²) in [5, 5.41) is 3.39. The van der Waals surface area contributed by atoms with Gasteiger partial charge in [-0.15, -0.1) is 0 Å². The van der Waals surface area contributed by atoms with E-state index in [1.165, 1.54) is 19.3 Å². The van der Waals surface area contributed by atoms with Gasteiger partial charge in [0, 0.05) is 18.5 Å². The molecular weight excluding hydrogens is 190 g/mol. The predicted molar refractivity (Wildman–Crippen MR) is 61.5 cm³/mol. The van der Waals surface area contributed by atoms with Crippen LogP contribution in [0.25, 0.3) is 0 Å². The van der Waals surface area contributed by atoms with Gasteiger partial charge in [0.05, 0.1) is 0 Å². The van der Waals surface area contributed by atoms with Crippen molar-refractivity contribution in [2.24, 2.45) is 11.7 Å². The monoisotopic (exact) mass is 213 g/mol. The first kappa shape index (κ1) is 12.5. The van der Waals surface area contributed by atoms with Crippen LogP contribution in [0.1, 0.15) is 26.2 Å². The van der Waals surface area contributed by atoms with E-state index in [1.807, 2.05) is 6.92 Å². The Morgan fingerprint density at radius 1 is 1.53 bits per heavy atom. The second kappa shape index (κ2) is 6.08. The number of carbonyl (C=O) groups excluding carboxylic acids is 1. The number of rotatable bonds is 4. The number of nitrogens with two attached hydrogens (primary N) is 1. The smallest absolute Gasteiger partial charge is 0.221 e. The third-order valence-corrected chi connectivity index (χ3v) is 3.22. The molecule has 15 heavy (non-hydrogen) atoms. The molecule has 1 saturated heterocycles. The van der Waals surface area contributed by atoms with Crippen LogP contribution >= 0.6 is 0 Å². The molecule has 4 nitrogen and oxygen atoms in total. The summed E-state index contributed by atoms with van der Waals surface area (Å²) in [6.45, 7) is 4.88. The van der Waals surface area contributed by atoms with Gasteiger partial charge in [0.15, 0.2) is 0 Å². The standard InChI is InChI=1S/C11H23N3O/c1-9(11(12)15)8-14(2)10-4-3-6-13-7-5-10/h9-10,13H,3-8H2,1-2H3,(H2,12,15). The summed E-state index contributed by atoms with van der Waals surface area (Å²) in [5.74, 6) is -0.250. The van der Waals surface area contributed by atoms with Crippen LogP contribution in [0.4, 0.5) is 0 Å². The van der Waals surface area contributed by atoms with E-state index in [4.69, 9.17) is 5.73 Å². The lowest BCUT2D eigenvalue weighted by Crippen LogP contribution is -2.39. The van der Waals surface area contributed by atoms with Crippen LogP contribution in [0, 0.1) is 5.92 Å². The van der Waals surface area contributed by atoms with Crippen LogP contribution in [0.2, 0.25) is 0 Å². The van der Waals surface area contributed by atoms with Gasteiger partial charge in [-0.2, -0.15) is 0 Å². The van der Waals surface area contributed by atoms with E-state index in [0.717, 1.165) is 19.6 Å². The van der Waals surface area contributed by atoms with Crippen molar-refractivity contribution in [2.45, 2.75) is 32.2 Å². The Morgan fingerprint density at radius 3 is 2.93 bits per heavy atom. The average molecular weight is 213 g/mol. The molecule has 0 bridgehead atoms. The molecular formula is C11H23N3O. The fraction of sp³-hybridized carbons (Fsp3) is 0.909. The number of carbonyl (C=O) groups is 1. The summed E-state index contributed by atoms with van der Waals surface area (Å²) < 4.78 is 0. The lowest BCUT2D eigenvalue weighted by Gasteiger charge is -2.28. The highest BCUT2D eigenvalue weighted by molar-refractivity contribution is 5.76. The second-order valence-electron chi connectivity index (χ2n) is 4.58. The Labute approximate surface area is 92.2 Å². The largest absolute Gasteiger partial charge is 0.369 e. The maximum Gasteiger partial charge on any atom is 0.221 e. The van der Waals surface area contributed by atoms with Crippen LogP contribution < -0.4 is 11.1 Å². The molecule has 4 heteroatoms. The maximum absolute atomic E-state index is 11.0. The zero-order chi connectivity index (χ0) is 11.3. The molecule has 2 unspecified atom stereocenters. The third-order valence-electron chi connectivity index (χ3n) is 3.22.